The zero-order valence-corrected chi connectivity index (χ0v) is 16.9. The highest BCUT2D eigenvalue weighted by Crippen LogP contribution is 2.35. The number of carbonyl (C=O) groups excluding carboxylic acids is 2. The van der Waals surface area contributed by atoms with E-state index < -0.39 is 5.97 Å². The van der Waals surface area contributed by atoms with Crippen molar-refractivity contribution >= 4 is 28.2 Å². The van der Waals surface area contributed by atoms with Gasteiger partial charge in [-0.3, -0.25) is 4.79 Å². The SMILES string of the molecule is CCOC(=O)c1cc([C@@H](C)CCC=C(C)C)sc1NC(=O)C=C(C)C. The molecule has 0 fully saturated rings. The van der Waals surface area contributed by atoms with Gasteiger partial charge in [-0.1, -0.05) is 24.1 Å². The highest BCUT2D eigenvalue weighted by Gasteiger charge is 2.20. The third-order valence-corrected chi connectivity index (χ3v) is 4.82. The van der Waals surface area contributed by atoms with Crippen LogP contribution < -0.4 is 5.32 Å². The molecule has 0 aliphatic heterocycles. The summed E-state index contributed by atoms with van der Waals surface area (Å²) in [6, 6.07) is 1.86. The van der Waals surface area contributed by atoms with Crippen molar-refractivity contribution in [3.63, 3.8) is 0 Å². The topological polar surface area (TPSA) is 55.4 Å². The van der Waals surface area contributed by atoms with Crippen LogP contribution in [0.5, 0.6) is 0 Å². The highest BCUT2D eigenvalue weighted by molar-refractivity contribution is 7.16. The molecule has 1 rings (SSSR count). The van der Waals surface area contributed by atoms with E-state index in [0.717, 1.165) is 23.3 Å². The van der Waals surface area contributed by atoms with Crippen LogP contribution in [-0.4, -0.2) is 18.5 Å². The number of anilines is 1. The molecule has 0 aliphatic carbocycles. The van der Waals surface area contributed by atoms with E-state index in [9.17, 15) is 9.59 Å². The average Bonchev–Trinajstić information content (AvgIpc) is 2.90. The number of ether oxygens (including phenoxy) is 1. The van der Waals surface area contributed by atoms with Gasteiger partial charge in [0.25, 0.3) is 0 Å². The molecule has 0 bridgehead atoms. The number of hydrogen-bond acceptors (Lipinski definition) is 4. The molecule has 0 aromatic carbocycles. The fourth-order valence-electron chi connectivity index (χ4n) is 2.28. The Bertz CT molecular complexity index is 662. The number of amides is 1. The van der Waals surface area contributed by atoms with Crippen molar-refractivity contribution in [2.45, 2.75) is 60.3 Å². The van der Waals surface area contributed by atoms with Gasteiger partial charge in [0, 0.05) is 11.0 Å². The number of carbonyl (C=O) groups is 2. The monoisotopic (exact) mass is 363 g/mol. The molecule has 0 saturated carbocycles. The Balaban J connectivity index is 3.02. The maximum atomic E-state index is 12.2. The number of thiophene rings is 1. The van der Waals surface area contributed by atoms with Crippen molar-refractivity contribution in [2.75, 3.05) is 11.9 Å². The molecular formula is C20H29NO3S. The van der Waals surface area contributed by atoms with E-state index in [4.69, 9.17) is 4.74 Å². The Hall–Kier alpha value is -1.88. The summed E-state index contributed by atoms with van der Waals surface area (Å²) >= 11 is 1.45. The summed E-state index contributed by atoms with van der Waals surface area (Å²) in [5.74, 6) is -0.312. The fraction of sp³-hybridized carbons (Fsp3) is 0.500. The van der Waals surface area contributed by atoms with E-state index in [2.05, 4.69) is 32.2 Å². The molecule has 0 radical (unpaired) electrons. The Kier molecular flexibility index (Phi) is 8.62. The fourth-order valence-corrected chi connectivity index (χ4v) is 3.42. The van der Waals surface area contributed by atoms with Crippen LogP contribution in [0.15, 0.2) is 29.4 Å². The van der Waals surface area contributed by atoms with Crippen molar-refractivity contribution in [3.8, 4) is 0 Å². The van der Waals surface area contributed by atoms with Crippen LogP contribution >= 0.6 is 11.3 Å². The summed E-state index contributed by atoms with van der Waals surface area (Å²) < 4.78 is 5.13. The minimum atomic E-state index is -0.394. The first-order chi connectivity index (χ1) is 11.7. The third kappa shape index (κ3) is 7.26. The van der Waals surface area contributed by atoms with Gasteiger partial charge in [-0.05, 0) is 59.4 Å². The van der Waals surface area contributed by atoms with Crippen molar-refractivity contribution in [1.82, 2.24) is 0 Å². The van der Waals surface area contributed by atoms with Gasteiger partial charge >= 0.3 is 5.97 Å². The summed E-state index contributed by atoms with van der Waals surface area (Å²) in [5, 5.41) is 3.38. The second-order valence-corrected chi connectivity index (χ2v) is 7.67. The minimum Gasteiger partial charge on any atom is -0.462 e. The van der Waals surface area contributed by atoms with Gasteiger partial charge in [0.05, 0.1) is 12.2 Å². The van der Waals surface area contributed by atoms with Crippen molar-refractivity contribution in [3.05, 3.63) is 39.8 Å². The molecule has 1 atom stereocenters. The first-order valence-corrected chi connectivity index (χ1v) is 9.46. The minimum absolute atomic E-state index is 0.226. The molecule has 5 heteroatoms. The number of esters is 1. The molecule has 0 unspecified atom stereocenters. The number of hydrogen-bond donors (Lipinski definition) is 1. The second-order valence-electron chi connectivity index (χ2n) is 6.58. The molecule has 1 aromatic heterocycles. The highest BCUT2D eigenvalue weighted by atomic mass is 32.1. The maximum absolute atomic E-state index is 12.2. The lowest BCUT2D eigenvalue weighted by Crippen LogP contribution is -2.12. The van der Waals surface area contributed by atoms with Crippen LogP contribution in [0.2, 0.25) is 0 Å². The third-order valence-electron chi connectivity index (χ3n) is 3.54. The summed E-state index contributed by atoms with van der Waals surface area (Å²) in [4.78, 5) is 25.3. The normalized spacial score (nSPS) is 11.4. The molecular weight excluding hydrogens is 334 g/mol. The number of allylic oxidation sites excluding steroid dienone is 3. The Labute approximate surface area is 155 Å². The van der Waals surface area contributed by atoms with Crippen molar-refractivity contribution in [2.24, 2.45) is 0 Å². The first-order valence-electron chi connectivity index (χ1n) is 8.64. The number of rotatable bonds is 8. The lowest BCUT2D eigenvalue weighted by Gasteiger charge is -2.07. The van der Waals surface area contributed by atoms with Gasteiger partial charge in [-0.15, -0.1) is 11.3 Å². The molecule has 4 nitrogen and oxygen atoms in total. The molecule has 1 N–H and O–H groups in total. The van der Waals surface area contributed by atoms with Gasteiger partial charge in [-0.25, -0.2) is 4.79 Å². The molecule has 25 heavy (non-hydrogen) atoms. The van der Waals surface area contributed by atoms with E-state index in [1.54, 1.807) is 6.92 Å². The van der Waals surface area contributed by atoms with E-state index >= 15 is 0 Å². The van der Waals surface area contributed by atoms with Crippen molar-refractivity contribution < 1.29 is 14.3 Å². The summed E-state index contributed by atoms with van der Waals surface area (Å²) in [7, 11) is 0. The zero-order chi connectivity index (χ0) is 19.0. The van der Waals surface area contributed by atoms with Gasteiger partial charge in [0.15, 0.2) is 0 Å². The molecule has 0 saturated heterocycles. The molecule has 138 valence electrons. The predicted molar refractivity (Wildman–Crippen MR) is 105 cm³/mol. The van der Waals surface area contributed by atoms with Crippen molar-refractivity contribution in [1.29, 1.82) is 0 Å². The van der Waals surface area contributed by atoms with Gasteiger partial charge in [-0.2, -0.15) is 0 Å². The Morgan fingerprint density at radius 3 is 2.48 bits per heavy atom. The van der Waals surface area contributed by atoms with Crippen LogP contribution in [0.4, 0.5) is 5.00 Å². The first kappa shape index (κ1) is 21.2. The maximum Gasteiger partial charge on any atom is 0.341 e. The van der Waals surface area contributed by atoms with E-state index in [1.165, 1.54) is 23.0 Å². The van der Waals surface area contributed by atoms with Gasteiger partial charge in [0.1, 0.15) is 5.00 Å². The van der Waals surface area contributed by atoms with Crippen LogP contribution in [0, 0.1) is 0 Å². The predicted octanol–water partition coefficient (Wildman–Crippen LogP) is 5.68. The second kappa shape index (κ2) is 10.2. The van der Waals surface area contributed by atoms with Gasteiger partial charge < -0.3 is 10.1 Å². The van der Waals surface area contributed by atoms with Gasteiger partial charge in [0.2, 0.25) is 5.91 Å². The van der Waals surface area contributed by atoms with Crippen LogP contribution in [0.25, 0.3) is 0 Å². The lowest BCUT2D eigenvalue weighted by molar-refractivity contribution is -0.111. The largest absolute Gasteiger partial charge is 0.462 e. The molecule has 1 aromatic rings. The number of nitrogens with one attached hydrogen (secondary N) is 1. The molecule has 0 aliphatic rings. The summed E-state index contributed by atoms with van der Waals surface area (Å²) in [6.07, 6.45) is 5.73. The average molecular weight is 364 g/mol. The lowest BCUT2D eigenvalue weighted by atomic mass is 10.0. The molecule has 1 heterocycles. The summed E-state index contributed by atoms with van der Waals surface area (Å²) in [6.45, 7) is 12.1. The smallest absolute Gasteiger partial charge is 0.341 e. The van der Waals surface area contributed by atoms with E-state index in [1.807, 2.05) is 19.9 Å². The van der Waals surface area contributed by atoms with Crippen LogP contribution in [0.1, 0.15) is 75.5 Å². The summed E-state index contributed by atoms with van der Waals surface area (Å²) in [5.41, 5.74) is 2.65. The Morgan fingerprint density at radius 1 is 1.24 bits per heavy atom. The zero-order valence-electron chi connectivity index (χ0n) is 16.1. The van der Waals surface area contributed by atoms with Crippen LogP contribution in [-0.2, 0) is 9.53 Å². The quantitative estimate of drug-likeness (QED) is 0.367. The molecule has 1 amide bonds. The standard InChI is InChI=1S/C20H29NO3S/c1-7-24-20(23)16-12-17(15(6)10-8-9-13(2)3)25-19(16)21-18(22)11-14(4)5/h9,11-12,15H,7-8,10H2,1-6H3,(H,21,22)/t15-/m0/s1. The van der Waals surface area contributed by atoms with Crippen LogP contribution in [0.3, 0.4) is 0 Å². The van der Waals surface area contributed by atoms with E-state index in [0.29, 0.717) is 23.1 Å². The molecule has 0 spiro atoms. The van der Waals surface area contributed by atoms with E-state index in [-0.39, 0.29) is 5.91 Å². The Morgan fingerprint density at radius 2 is 1.92 bits per heavy atom.